The van der Waals surface area contributed by atoms with Gasteiger partial charge in [0, 0.05) is 42.6 Å². The number of benzene rings is 2. The second-order valence-corrected chi connectivity index (χ2v) is 9.18. The number of nitrogens with two attached hydrogens (primary N) is 1. The molecule has 228 valence electrons. The number of nitrogens with one attached hydrogen (secondary N) is 1. The van der Waals surface area contributed by atoms with Crippen LogP contribution in [0.15, 0.2) is 60.9 Å². The highest BCUT2D eigenvalue weighted by atomic mass is 19.4. The number of piperidine rings is 1. The zero-order chi connectivity index (χ0) is 31.7. The van der Waals surface area contributed by atoms with E-state index in [9.17, 15) is 31.1 Å². The fourth-order valence-electron chi connectivity index (χ4n) is 3.77. The van der Waals surface area contributed by atoms with Gasteiger partial charge >= 0.3 is 24.3 Å². The number of carboxylic acids is 2. The molecule has 0 saturated carbocycles. The molecule has 3 aromatic rings. The van der Waals surface area contributed by atoms with Crippen molar-refractivity contribution in [2.24, 2.45) is 5.73 Å². The van der Waals surface area contributed by atoms with Crippen LogP contribution >= 0.6 is 0 Å². The van der Waals surface area contributed by atoms with Gasteiger partial charge in [0.15, 0.2) is 0 Å². The van der Waals surface area contributed by atoms with Gasteiger partial charge in [-0.15, -0.1) is 0 Å². The molecule has 2 aromatic carbocycles. The molecule has 1 aliphatic heterocycles. The summed E-state index contributed by atoms with van der Waals surface area (Å²) < 4.78 is 63.5. The average Bonchev–Trinajstić information content (AvgIpc) is 2.93. The Hall–Kier alpha value is -4.40. The molecule has 4 rings (SSSR count). The third-order valence-electron chi connectivity index (χ3n) is 6.01. The van der Waals surface area contributed by atoms with E-state index in [2.05, 4.69) is 28.5 Å². The normalized spacial score (nSPS) is 14.5. The number of pyridine rings is 1. The Morgan fingerprint density at radius 3 is 1.93 bits per heavy atom. The number of carboxylic acid groups (broad SMARTS) is 2. The number of hydrogen-bond acceptors (Lipinski definition) is 6. The number of nitrogens with zero attached hydrogens (tertiary/aromatic N) is 2. The van der Waals surface area contributed by atoms with E-state index in [0.717, 1.165) is 42.6 Å². The largest absolute Gasteiger partial charge is 0.490 e. The predicted octanol–water partition coefficient (Wildman–Crippen LogP) is 4.91. The van der Waals surface area contributed by atoms with Crippen LogP contribution in [0.3, 0.4) is 0 Å². The number of alkyl halides is 6. The van der Waals surface area contributed by atoms with Crippen LogP contribution in [-0.4, -0.2) is 69.4 Å². The first kappa shape index (κ1) is 33.8. The van der Waals surface area contributed by atoms with Crippen LogP contribution in [0, 0.1) is 6.92 Å². The highest BCUT2D eigenvalue weighted by Gasteiger charge is 2.38. The van der Waals surface area contributed by atoms with Crippen molar-refractivity contribution >= 4 is 34.3 Å². The summed E-state index contributed by atoms with van der Waals surface area (Å²) in [5.74, 6) is -5.50. The Balaban J connectivity index is 0.000000367. The number of carbonyl (C=O) groups excluding carboxylic acids is 1. The molecule has 1 aliphatic rings. The SMILES string of the molecule is Cc1ccc(C(N)C(=O)N2CCC(Nc3ccc4cnccc4c3)CC2)cc1.O=C(O)C(F)(F)F.O=C(O)C(F)(F)F. The molecule has 1 atom stereocenters. The highest BCUT2D eigenvalue weighted by molar-refractivity contribution is 5.85. The maximum atomic E-state index is 12.8. The molecule has 0 radical (unpaired) electrons. The Morgan fingerprint density at radius 2 is 1.43 bits per heavy atom. The van der Waals surface area contributed by atoms with Crippen LogP contribution in [0.4, 0.5) is 32.0 Å². The molecule has 5 N–H and O–H groups in total. The van der Waals surface area contributed by atoms with E-state index in [-0.39, 0.29) is 5.91 Å². The quantitative estimate of drug-likeness (QED) is 0.308. The van der Waals surface area contributed by atoms with Gasteiger partial charge in [0.2, 0.25) is 5.91 Å². The standard InChI is InChI=1S/C23H26N4O.2C2HF3O2/c1-16-2-4-17(5-3-16)22(24)23(28)27-12-9-20(10-13-27)26-21-7-6-19-15-25-11-8-18(19)14-21;2*3-2(4,5)1(6)7/h2-8,11,14-15,20,22,26H,9-10,12-13,24H2,1H3;2*(H,6,7). The molecular formula is C27H28F6N4O5. The van der Waals surface area contributed by atoms with Gasteiger partial charge in [-0.3, -0.25) is 9.78 Å². The van der Waals surface area contributed by atoms with E-state index in [4.69, 9.17) is 25.5 Å². The molecule has 15 heteroatoms. The fourth-order valence-corrected chi connectivity index (χ4v) is 3.77. The first-order valence-electron chi connectivity index (χ1n) is 12.3. The summed E-state index contributed by atoms with van der Waals surface area (Å²) in [5, 5.41) is 20.2. The molecule has 0 aliphatic carbocycles. The van der Waals surface area contributed by atoms with Crippen LogP contribution in [0.5, 0.6) is 0 Å². The lowest BCUT2D eigenvalue weighted by Gasteiger charge is -2.34. The summed E-state index contributed by atoms with van der Waals surface area (Å²) in [6.45, 7) is 3.49. The van der Waals surface area contributed by atoms with Crippen LogP contribution < -0.4 is 11.1 Å². The number of fused-ring (bicyclic) bond motifs is 1. The van der Waals surface area contributed by atoms with Crippen molar-refractivity contribution in [2.75, 3.05) is 18.4 Å². The summed E-state index contributed by atoms with van der Waals surface area (Å²) in [5.41, 5.74) is 9.37. The van der Waals surface area contributed by atoms with Crippen molar-refractivity contribution < 1.29 is 50.9 Å². The molecule has 0 spiro atoms. The molecule has 2 heterocycles. The maximum Gasteiger partial charge on any atom is 0.490 e. The number of aliphatic carboxylic acids is 2. The van der Waals surface area contributed by atoms with Gasteiger partial charge in [0.05, 0.1) is 0 Å². The second kappa shape index (κ2) is 14.5. The van der Waals surface area contributed by atoms with E-state index in [1.54, 1.807) is 0 Å². The van der Waals surface area contributed by atoms with Gasteiger partial charge in [-0.1, -0.05) is 35.9 Å². The highest BCUT2D eigenvalue weighted by Crippen LogP contribution is 2.23. The number of hydrogen-bond donors (Lipinski definition) is 4. The molecule has 42 heavy (non-hydrogen) atoms. The molecule has 1 amide bonds. The molecule has 1 saturated heterocycles. The van der Waals surface area contributed by atoms with Gasteiger partial charge < -0.3 is 26.2 Å². The number of aromatic nitrogens is 1. The maximum absolute atomic E-state index is 12.8. The van der Waals surface area contributed by atoms with Crippen molar-refractivity contribution in [3.63, 3.8) is 0 Å². The topological polar surface area (TPSA) is 146 Å². The Labute approximate surface area is 235 Å². The van der Waals surface area contributed by atoms with Crippen molar-refractivity contribution in [2.45, 2.75) is 44.2 Å². The molecule has 1 unspecified atom stereocenters. The summed E-state index contributed by atoms with van der Waals surface area (Å²) in [6.07, 6.45) is -4.64. The summed E-state index contributed by atoms with van der Waals surface area (Å²) in [6, 6.07) is 16.0. The summed E-state index contributed by atoms with van der Waals surface area (Å²) in [4.78, 5) is 36.6. The van der Waals surface area contributed by atoms with Crippen LogP contribution in [-0.2, 0) is 14.4 Å². The number of amides is 1. The van der Waals surface area contributed by atoms with Crippen molar-refractivity contribution in [1.82, 2.24) is 9.88 Å². The summed E-state index contributed by atoms with van der Waals surface area (Å²) in [7, 11) is 0. The lowest BCUT2D eigenvalue weighted by molar-refractivity contribution is -0.193. The monoisotopic (exact) mass is 602 g/mol. The number of halogens is 6. The van der Waals surface area contributed by atoms with Gasteiger partial charge in [-0.05, 0) is 48.9 Å². The van der Waals surface area contributed by atoms with E-state index in [1.165, 1.54) is 10.9 Å². The first-order valence-corrected chi connectivity index (χ1v) is 12.3. The van der Waals surface area contributed by atoms with Crippen LogP contribution in [0.1, 0.15) is 30.0 Å². The second-order valence-electron chi connectivity index (χ2n) is 9.18. The predicted molar refractivity (Wildman–Crippen MR) is 140 cm³/mol. The summed E-state index contributed by atoms with van der Waals surface area (Å²) >= 11 is 0. The zero-order valence-corrected chi connectivity index (χ0v) is 22.1. The van der Waals surface area contributed by atoms with Crippen LogP contribution in [0.2, 0.25) is 0 Å². The van der Waals surface area contributed by atoms with Gasteiger partial charge in [0.25, 0.3) is 0 Å². The molecule has 0 bridgehead atoms. The zero-order valence-electron chi connectivity index (χ0n) is 22.1. The lowest BCUT2D eigenvalue weighted by Crippen LogP contribution is -2.45. The van der Waals surface area contributed by atoms with E-state index in [1.807, 2.05) is 54.5 Å². The number of likely N-dealkylation sites (tertiary alicyclic amines) is 1. The van der Waals surface area contributed by atoms with Crippen LogP contribution in [0.25, 0.3) is 10.8 Å². The minimum atomic E-state index is -5.08. The Bertz CT molecular complexity index is 1330. The smallest absolute Gasteiger partial charge is 0.475 e. The molecular weight excluding hydrogens is 574 g/mol. The van der Waals surface area contributed by atoms with Gasteiger partial charge in [-0.2, -0.15) is 26.3 Å². The molecule has 1 aromatic heterocycles. The van der Waals surface area contributed by atoms with Crippen molar-refractivity contribution in [3.05, 3.63) is 72.1 Å². The van der Waals surface area contributed by atoms with E-state index >= 15 is 0 Å². The average molecular weight is 603 g/mol. The minimum Gasteiger partial charge on any atom is -0.475 e. The molecule has 9 nitrogen and oxygen atoms in total. The number of carbonyl (C=O) groups is 3. The van der Waals surface area contributed by atoms with E-state index < -0.39 is 30.3 Å². The van der Waals surface area contributed by atoms with Gasteiger partial charge in [-0.25, -0.2) is 9.59 Å². The lowest BCUT2D eigenvalue weighted by atomic mass is 10.0. The van der Waals surface area contributed by atoms with Crippen molar-refractivity contribution in [3.8, 4) is 0 Å². The van der Waals surface area contributed by atoms with E-state index in [0.29, 0.717) is 6.04 Å². The number of rotatable bonds is 4. The minimum absolute atomic E-state index is 0.0144. The van der Waals surface area contributed by atoms with Gasteiger partial charge in [0.1, 0.15) is 6.04 Å². The third-order valence-corrected chi connectivity index (χ3v) is 6.01. The Kier molecular flexibility index (Phi) is 11.7. The van der Waals surface area contributed by atoms with Crippen molar-refractivity contribution in [1.29, 1.82) is 0 Å². The number of aryl methyl sites for hydroxylation is 1. The fraction of sp³-hybridized carbons (Fsp3) is 0.333. The first-order chi connectivity index (χ1) is 19.5. The third kappa shape index (κ3) is 10.5. The molecule has 1 fully saturated rings. The number of anilines is 1. The Morgan fingerprint density at radius 1 is 0.905 bits per heavy atom.